The van der Waals surface area contributed by atoms with Crippen molar-refractivity contribution in [3.63, 3.8) is 0 Å². The van der Waals surface area contributed by atoms with Crippen LogP contribution in [0.5, 0.6) is 0 Å². The summed E-state index contributed by atoms with van der Waals surface area (Å²) in [5.74, 6) is 0.472. The molecule has 0 bridgehead atoms. The summed E-state index contributed by atoms with van der Waals surface area (Å²) in [5.41, 5.74) is 0.0967. The van der Waals surface area contributed by atoms with E-state index in [9.17, 15) is 4.79 Å². The molecule has 0 atom stereocenters. The van der Waals surface area contributed by atoms with E-state index < -0.39 is 0 Å². The summed E-state index contributed by atoms with van der Waals surface area (Å²) >= 11 is 0. The summed E-state index contributed by atoms with van der Waals surface area (Å²) in [5, 5.41) is 2.63. The second-order valence-corrected chi connectivity index (χ2v) is 5.77. The van der Waals surface area contributed by atoms with Crippen LogP contribution < -0.4 is 5.63 Å². The Balaban J connectivity index is 2.42. The van der Waals surface area contributed by atoms with Crippen LogP contribution in [-0.4, -0.2) is 4.98 Å². The zero-order chi connectivity index (χ0) is 13.6. The van der Waals surface area contributed by atoms with Crippen LogP contribution in [0.4, 0.5) is 0 Å². The van der Waals surface area contributed by atoms with Gasteiger partial charge in [-0.05, 0) is 22.9 Å². The summed E-state index contributed by atoms with van der Waals surface area (Å²) in [6.45, 7) is 5.93. The van der Waals surface area contributed by atoms with E-state index in [1.165, 1.54) is 0 Å². The monoisotopic (exact) mass is 253 g/mol. The van der Waals surface area contributed by atoms with Gasteiger partial charge in [0.25, 0.3) is 0 Å². The van der Waals surface area contributed by atoms with Crippen molar-refractivity contribution >= 4 is 21.7 Å². The Kier molecular flexibility index (Phi) is 2.45. The van der Waals surface area contributed by atoms with Crippen LogP contribution in [0.2, 0.25) is 0 Å². The van der Waals surface area contributed by atoms with E-state index in [-0.39, 0.29) is 11.0 Å². The third kappa shape index (κ3) is 2.01. The van der Waals surface area contributed by atoms with Gasteiger partial charge in [-0.2, -0.15) is 0 Å². The van der Waals surface area contributed by atoms with Crippen LogP contribution in [0.3, 0.4) is 0 Å². The molecule has 0 aliphatic carbocycles. The highest BCUT2D eigenvalue weighted by Crippen LogP contribution is 2.23. The summed E-state index contributed by atoms with van der Waals surface area (Å²) in [6, 6.07) is 11.7. The van der Waals surface area contributed by atoms with Crippen LogP contribution in [0.15, 0.2) is 45.6 Å². The Morgan fingerprint density at radius 1 is 1.05 bits per heavy atom. The second-order valence-electron chi connectivity index (χ2n) is 5.77. The normalized spacial score (nSPS) is 12.2. The van der Waals surface area contributed by atoms with Crippen LogP contribution >= 0.6 is 0 Å². The molecule has 0 N–H and O–H groups in total. The summed E-state index contributed by atoms with van der Waals surface area (Å²) in [6.07, 6.45) is 0. The van der Waals surface area contributed by atoms with E-state index in [1.54, 1.807) is 0 Å². The van der Waals surface area contributed by atoms with Crippen molar-refractivity contribution in [3.05, 3.63) is 52.7 Å². The van der Waals surface area contributed by atoms with E-state index >= 15 is 0 Å². The standard InChI is InChI=1S/C16H15NO2/c1-16(2,3)15-17-13-9-11-7-5-4-6-10(11)8-12(13)14(18)19-15/h4-9H,1-3H3. The van der Waals surface area contributed by atoms with Gasteiger partial charge in [0.15, 0.2) is 0 Å². The fourth-order valence-electron chi connectivity index (χ4n) is 2.08. The third-order valence-corrected chi connectivity index (χ3v) is 3.14. The zero-order valence-electron chi connectivity index (χ0n) is 11.2. The van der Waals surface area contributed by atoms with Gasteiger partial charge >= 0.3 is 5.63 Å². The van der Waals surface area contributed by atoms with Crippen molar-refractivity contribution in [2.75, 3.05) is 0 Å². The van der Waals surface area contributed by atoms with Crippen molar-refractivity contribution in [3.8, 4) is 0 Å². The van der Waals surface area contributed by atoms with Crippen LogP contribution in [0, 0.1) is 0 Å². The molecule has 3 nitrogen and oxygen atoms in total. The molecule has 0 saturated heterocycles. The number of nitrogens with zero attached hydrogens (tertiary/aromatic N) is 1. The van der Waals surface area contributed by atoms with Crippen molar-refractivity contribution < 1.29 is 4.42 Å². The summed E-state index contributed by atoms with van der Waals surface area (Å²) < 4.78 is 5.34. The molecule has 96 valence electrons. The Morgan fingerprint density at radius 3 is 2.32 bits per heavy atom. The largest absolute Gasteiger partial charge is 0.407 e. The molecule has 19 heavy (non-hydrogen) atoms. The van der Waals surface area contributed by atoms with Crippen molar-refractivity contribution in [1.82, 2.24) is 4.98 Å². The van der Waals surface area contributed by atoms with Crippen molar-refractivity contribution in [1.29, 1.82) is 0 Å². The lowest BCUT2D eigenvalue weighted by molar-refractivity contribution is 0.360. The quantitative estimate of drug-likeness (QED) is 0.574. The van der Waals surface area contributed by atoms with Crippen LogP contribution in [0.25, 0.3) is 21.7 Å². The molecule has 3 heteroatoms. The molecule has 1 heterocycles. The maximum Gasteiger partial charge on any atom is 0.346 e. The molecule has 0 fully saturated rings. The first-order chi connectivity index (χ1) is 8.95. The first kappa shape index (κ1) is 11.9. The number of benzene rings is 2. The molecule has 0 aliphatic heterocycles. The van der Waals surface area contributed by atoms with E-state index in [1.807, 2.05) is 57.2 Å². The number of hydrogen-bond donors (Lipinski definition) is 0. The molecule has 3 rings (SSSR count). The maximum atomic E-state index is 12.1. The fourth-order valence-corrected chi connectivity index (χ4v) is 2.08. The summed E-state index contributed by atoms with van der Waals surface area (Å²) in [7, 11) is 0. The van der Waals surface area contributed by atoms with Gasteiger partial charge in [-0.3, -0.25) is 0 Å². The van der Waals surface area contributed by atoms with Gasteiger partial charge in [-0.15, -0.1) is 0 Å². The fraction of sp³-hybridized carbons (Fsp3) is 0.250. The van der Waals surface area contributed by atoms with E-state index in [4.69, 9.17) is 4.42 Å². The molecule has 2 aromatic carbocycles. The number of fused-ring (bicyclic) bond motifs is 2. The topological polar surface area (TPSA) is 43.1 Å². The van der Waals surface area contributed by atoms with Gasteiger partial charge in [-0.1, -0.05) is 45.0 Å². The van der Waals surface area contributed by atoms with Gasteiger partial charge in [0.1, 0.15) is 0 Å². The van der Waals surface area contributed by atoms with Gasteiger partial charge in [0.2, 0.25) is 5.89 Å². The number of aromatic nitrogens is 1. The Hall–Kier alpha value is -2.16. The van der Waals surface area contributed by atoms with Gasteiger partial charge in [0, 0.05) is 5.41 Å². The first-order valence-electron chi connectivity index (χ1n) is 6.29. The molecule has 0 saturated carbocycles. The molecule has 3 aromatic rings. The highest BCUT2D eigenvalue weighted by Gasteiger charge is 2.20. The lowest BCUT2D eigenvalue weighted by atomic mass is 9.96. The van der Waals surface area contributed by atoms with Gasteiger partial charge < -0.3 is 4.42 Å². The van der Waals surface area contributed by atoms with Gasteiger partial charge in [0.05, 0.1) is 10.9 Å². The minimum Gasteiger partial charge on any atom is -0.407 e. The third-order valence-electron chi connectivity index (χ3n) is 3.14. The first-order valence-corrected chi connectivity index (χ1v) is 6.29. The average Bonchev–Trinajstić information content (AvgIpc) is 2.35. The minimum absolute atomic E-state index is 0.279. The predicted molar refractivity (Wildman–Crippen MR) is 76.5 cm³/mol. The zero-order valence-corrected chi connectivity index (χ0v) is 11.2. The lowest BCUT2D eigenvalue weighted by Crippen LogP contribution is -2.17. The SMILES string of the molecule is CC(C)(C)c1nc2cc3ccccc3cc2c(=O)o1. The highest BCUT2D eigenvalue weighted by molar-refractivity contribution is 5.95. The number of hydrogen-bond acceptors (Lipinski definition) is 3. The van der Waals surface area contributed by atoms with E-state index in [0.29, 0.717) is 16.8 Å². The Morgan fingerprint density at radius 2 is 1.68 bits per heavy atom. The number of rotatable bonds is 0. The Labute approximate surface area is 110 Å². The second kappa shape index (κ2) is 3.92. The molecular formula is C16H15NO2. The van der Waals surface area contributed by atoms with Crippen molar-refractivity contribution in [2.45, 2.75) is 26.2 Å². The average molecular weight is 253 g/mol. The molecule has 0 unspecified atom stereocenters. The molecule has 0 amide bonds. The van der Waals surface area contributed by atoms with E-state index in [0.717, 1.165) is 10.8 Å². The molecular weight excluding hydrogens is 238 g/mol. The van der Waals surface area contributed by atoms with Crippen LogP contribution in [-0.2, 0) is 5.41 Å². The molecule has 0 aliphatic rings. The molecule has 0 radical (unpaired) electrons. The smallest absolute Gasteiger partial charge is 0.346 e. The van der Waals surface area contributed by atoms with Crippen molar-refractivity contribution in [2.24, 2.45) is 0 Å². The van der Waals surface area contributed by atoms with Gasteiger partial charge in [-0.25, -0.2) is 9.78 Å². The summed E-state index contributed by atoms with van der Waals surface area (Å²) in [4.78, 5) is 16.6. The molecule has 1 aromatic heterocycles. The lowest BCUT2D eigenvalue weighted by Gasteiger charge is -2.15. The maximum absolute atomic E-state index is 12.1. The minimum atomic E-state index is -0.319. The van der Waals surface area contributed by atoms with E-state index in [2.05, 4.69) is 4.98 Å². The van der Waals surface area contributed by atoms with Crippen LogP contribution in [0.1, 0.15) is 26.7 Å². The highest BCUT2D eigenvalue weighted by atomic mass is 16.4. The predicted octanol–water partition coefficient (Wildman–Crippen LogP) is 3.64. The molecule has 0 spiro atoms. The Bertz CT molecular complexity index is 825.